The first-order chi connectivity index (χ1) is 18.0. The number of anilines is 2. The summed E-state index contributed by atoms with van der Waals surface area (Å²) in [5.74, 6) is 1.36. The second-order valence-electron chi connectivity index (χ2n) is 9.20. The normalized spacial score (nSPS) is 13.7. The highest BCUT2D eigenvalue weighted by Crippen LogP contribution is 2.23. The first kappa shape index (κ1) is 25.0. The lowest BCUT2D eigenvalue weighted by atomic mass is 10.1. The Bertz CT molecular complexity index is 1300. The minimum absolute atomic E-state index is 0.143. The Morgan fingerprint density at radius 2 is 1.84 bits per heavy atom. The zero-order chi connectivity index (χ0) is 25.6. The number of piperazine rings is 1. The molecule has 0 radical (unpaired) electrons. The number of carbonyl (C=O) groups is 1. The van der Waals surface area contributed by atoms with Gasteiger partial charge in [0.1, 0.15) is 17.4 Å². The highest BCUT2D eigenvalue weighted by atomic mass is 32.1. The van der Waals surface area contributed by atoms with E-state index in [0.717, 1.165) is 29.5 Å². The van der Waals surface area contributed by atoms with Gasteiger partial charge in [-0.15, -0.1) is 0 Å². The van der Waals surface area contributed by atoms with E-state index in [9.17, 15) is 9.18 Å². The summed E-state index contributed by atoms with van der Waals surface area (Å²) in [6.07, 6.45) is 2.56. The number of halogens is 1. The number of hydrogen-bond acceptors (Lipinski definition) is 7. The second kappa shape index (κ2) is 11.6. The van der Waals surface area contributed by atoms with Crippen molar-refractivity contribution in [3.63, 3.8) is 0 Å². The van der Waals surface area contributed by atoms with Gasteiger partial charge in [0.2, 0.25) is 11.0 Å². The lowest BCUT2D eigenvalue weighted by Crippen LogP contribution is -2.49. The number of hydrogen-bond donors (Lipinski definition) is 0. The van der Waals surface area contributed by atoms with Crippen molar-refractivity contribution in [1.82, 2.24) is 14.3 Å². The largest absolute Gasteiger partial charge is 0.467 e. The van der Waals surface area contributed by atoms with Crippen molar-refractivity contribution >= 4 is 28.3 Å². The van der Waals surface area contributed by atoms with Gasteiger partial charge in [0, 0.05) is 62.8 Å². The van der Waals surface area contributed by atoms with Gasteiger partial charge in [0.25, 0.3) is 0 Å². The molecule has 1 amide bonds. The first-order valence-corrected chi connectivity index (χ1v) is 13.3. The average Bonchev–Trinajstić information content (AvgIpc) is 3.60. The average molecular weight is 520 g/mol. The molecular weight excluding hydrogens is 489 g/mol. The van der Waals surface area contributed by atoms with E-state index >= 15 is 0 Å². The fourth-order valence-corrected chi connectivity index (χ4v) is 5.28. The predicted octanol–water partition coefficient (Wildman–Crippen LogP) is 4.91. The molecule has 2 aromatic carbocycles. The van der Waals surface area contributed by atoms with Crippen LogP contribution in [-0.4, -0.2) is 52.9 Å². The fourth-order valence-electron chi connectivity index (χ4n) is 4.57. The molecule has 1 aliphatic rings. The smallest absolute Gasteiger partial charge is 0.224 e. The third-order valence-corrected chi connectivity index (χ3v) is 7.43. The third-order valence-electron chi connectivity index (χ3n) is 6.61. The Balaban J connectivity index is 1.20. The molecule has 7 nitrogen and oxygen atoms in total. The number of amides is 1. The SMILES string of the molecule is Cc1ccccc1N1CCN(C(=O)CCN(Cc2ccco2)c2nc(Cc3ccc(F)cc3)ns2)CC1. The van der Waals surface area contributed by atoms with Crippen LogP contribution in [0.25, 0.3) is 0 Å². The molecule has 0 spiro atoms. The van der Waals surface area contributed by atoms with Crippen molar-refractivity contribution in [2.45, 2.75) is 26.3 Å². The lowest BCUT2D eigenvalue weighted by Gasteiger charge is -2.37. The molecule has 1 saturated heterocycles. The lowest BCUT2D eigenvalue weighted by molar-refractivity contribution is -0.131. The molecule has 0 bridgehead atoms. The Morgan fingerprint density at radius 3 is 2.57 bits per heavy atom. The molecular formula is C28H30FN5O2S. The highest BCUT2D eigenvalue weighted by molar-refractivity contribution is 7.09. The zero-order valence-electron chi connectivity index (χ0n) is 20.8. The van der Waals surface area contributed by atoms with E-state index in [2.05, 4.69) is 40.5 Å². The number of aromatic nitrogens is 2. The molecule has 192 valence electrons. The van der Waals surface area contributed by atoms with Crippen LogP contribution in [-0.2, 0) is 17.8 Å². The summed E-state index contributed by atoms with van der Waals surface area (Å²) in [6.45, 7) is 6.23. The Morgan fingerprint density at radius 1 is 1.05 bits per heavy atom. The van der Waals surface area contributed by atoms with E-state index in [4.69, 9.17) is 9.40 Å². The molecule has 0 N–H and O–H groups in total. The van der Waals surface area contributed by atoms with Crippen LogP contribution in [0.4, 0.5) is 15.2 Å². The molecule has 9 heteroatoms. The topological polar surface area (TPSA) is 65.7 Å². The minimum atomic E-state index is -0.262. The van der Waals surface area contributed by atoms with Crippen molar-refractivity contribution in [3.8, 4) is 0 Å². The molecule has 0 unspecified atom stereocenters. The molecule has 37 heavy (non-hydrogen) atoms. The summed E-state index contributed by atoms with van der Waals surface area (Å²) in [4.78, 5) is 24.2. The maximum absolute atomic E-state index is 13.2. The molecule has 3 heterocycles. The number of rotatable bonds is 9. The molecule has 5 rings (SSSR count). The Labute approximate surface area is 220 Å². The van der Waals surface area contributed by atoms with Crippen LogP contribution in [0, 0.1) is 12.7 Å². The molecule has 0 saturated carbocycles. The third kappa shape index (κ3) is 6.35. The van der Waals surface area contributed by atoms with E-state index in [-0.39, 0.29) is 11.7 Å². The summed E-state index contributed by atoms with van der Waals surface area (Å²) >= 11 is 1.31. The number of furan rings is 1. The van der Waals surface area contributed by atoms with Gasteiger partial charge in [0.05, 0.1) is 12.8 Å². The van der Waals surface area contributed by atoms with E-state index in [1.807, 2.05) is 21.9 Å². The number of para-hydroxylation sites is 1. The predicted molar refractivity (Wildman–Crippen MR) is 143 cm³/mol. The van der Waals surface area contributed by atoms with Crippen LogP contribution in [0.5, 0.6) is 0 Å². The summed E-state index contributed by atoms with van der Waals surface area (Å²) in [6, 6.07) is 18.5. The number of carbonyl (C=O) groups excluding carboxylic acids is 1. The van der Waals surface area contributed by atoms with Crippen molar-refractivity contribution in [2.75, 3.05) is 42.5 Å². The Hall–Kier alpha value is -3.72. The summed E-state index contributed by atoms with van der Waals surface area (Å²) in [7, 11) is 0. The van der Waals surface area contributed by atoms with E-state index in [1.54, 1.807) is 18.4 Å². The molecule has 2 aromatic heterocycles. The van der Waals surface area contributed by atoms with Gasteiger partial charge >= 0.3 is 0 Å². The first-order valence-electron chi connectivity index (χ1n) is 12.5. The maximum atomic E-state index is 13.2. The van der Waals surface area contributed by atoms with Crippen molar-refractivity contribution in [3.05, 3.63) is 95.5 Å². The van der Waals surface area contributed by atoms with Crippen LogP contribution >= 0.6 is 11.5 Å². The van der Waals surface area contributed by atoms with Crippen LogP contribution < -0.4 is 9.80 Å². The Kier molecular flexibility index (Phi) is 7.79. The van der Waals surface area contributed by atoms with E-state index < -0.39 is 0 Å². The monoisotopic (exact) mass is 519 g/mol. The fraction of sp³-hybridized carbons (Fsp3) is 0.321. The van der Waals surface area contributed by atoms with Gasteiger partial charge in [-0.25, -0.2) is 9.37 Å². The zero-order valence-corrected chi connectivity index (χ0v) is 21.7. The van der Waals surface area contributed by atoms with Gasteiger partial charge in [-0.05, 0) is 48.4 Å². The molecule has 0 atom stereocenters. The van der Waals surface area contributed by atoms with Gasteiger partial charge in [-0.2, -0.15) is 4.37 Å². The van der Waals surface area contributed by atoms with Gasteiger partial charge in [-0.3, -0.25) is 4.79 Å². The number of aryl methyl sites for hydroxylation is 1. The summed E-state index contributed by atoms with van der Waals surface area (Å²) < 4.78 is 23.3. The highest BCUT2D eigenvalue weighted by Gasteiger charge is 2.23. The van der Waals surface area contributed by atoms with Crippen LogP contribution in [0.2, 0.25) is 0 Å². The van der Waals surface area contributed by atoms with Crippen molar-refractivity contribution in [1.29, 1.82) is 0 Å². The van der Waals surface area contributed by atoms with Gasteiger partial charge in [0.15, 0.2) is 0 Å². The summed E-state index contributed by atoms with van der Waals surface area (Å²) in [5.41, 5.74) is 3.45. The molecule has 0 aliphatic carbocycles. The van der Waals surface area contributed by atoms with Gasteiger partial charge < -0.3 is 19.1 Å². The quantitative estimate of drug-likeness (QED) is 0.313. The van der Waals surface area contributed by atoms with E-state index in [1.165, 1.54) is 34.9 Å². The second-order valence-corrected chi connectivity index (χ2v) is 9.93. The van der Waals surface area contributed by atoms with Crippen LogP contribution in [0.1, 0.15) is 29.1 Å². The molecule has 4 aromatic rings. The standard InChI is InChI=1S/C28H30FN5O2S/c1-21-5-2-3-7-25(21)32-14-16-33(17-15-32)27(35)12-13-34(20-24-6-4-18-36-24)28-30-26(31-37-28)19-22-8-10-23(29)11-9-22/h2-11,18H,12-17,19-20H2,1H3. The summed E-state index contributed by atoms with van der Waals surface area (Å²) in [5, 5.41) is 0.741. The minimum Gasteiger partial charge on any atom is -0.467 e. The molecule has 1 fully saturated rings. The van der Waals surface area contributed by atoms with E-state index in [0.29, 0.717) is 44.8 Å². The number of benzene rings is 2. The van der Waals surface area contributed by atoms with Crippen molar-refractivity contribution in [2.24, 2.45) is 0 Å². The number of nitrogens with zero attached hydrogens (tertiary/aromatic N) is 5. The van der Waals surface area contributed by atoms with Crippen LogP contribution in [0.15, 0.2) is 71.3 Å². The molecule has 1 aliphatic heterocycles. The van der Waals surface area contributed by atoms with Crippen molar-refractivity contribution < 1.29 is 13.6 Å². The van der Waals surface area contributed by atoms with Gasteiger partial charge in [-0.1, -0.05) is 30.3 Å². The van der Waals surface area contributed by atoms with Crippen LogP contribution in [0.3, 0.4) is 0 Å². The maximum Gasteiger partial charge on any atom is 0.224 e.